The van der Waals surface area contributed by atoms with Gasteiger partial charge in [-0.3, -0.25) is 9.59 Å². The van der Waals surface area contributed by atoms with Crippen LogP contribution in [0.4, 0.5) is 0 Å². The fourth-order valence-corrected chi connectivity index (χ4v) is 4.30. The van der Waals surface area contributed by atoms with E-state index in [1.807, 2.05) is 66.7 Å². The van der Waals surface area contributed by atoms with Gasteiger partial charge in [0.1, 0.15) is 0 Å². The number of hydrogen-bond donors (Lipinski definition) is 2. The SMILES string of the molecule is O=C(CNC(=O)c1ccc(-c2ccccc2)cc1)NCC1(c2ccc(Cl)cc2)CCOCC1. The van der Waals surface area contributed by atoms with Crippen molar-refractivity contribution < 1.29 is 14.3 Å². The minimum absolute atomic E-state index is 0.0769. The van der Waals surface area contributed by atoms with Crippen LogP contribution in [0, 0.1) is 0 Å². The van der Waals surface area contributed by atoms with Crippen LogP contribution in [0.15, 0.2) is 78.9 Å². The molecule has 0 unspecified atom stereocenters. The molecular weight excluding hydrogens is 436 g/mol. The molecule has 0 radical (unpaired) electrons. The molecule has 4 rings (SSSR count). The van der Waals surface area contributed by atoms with Gasteiger partial charge in [-0.05, 0) is 53.8 Å². The lowest BCUT2D eigenvalue weighted by molar-refractivity contribution is -0.120. The summed E-state index contributed by atoms with van der Waals surface area (Å²) in [6.07, 6.45) is 1.63. The van der Waals surface area contributed by atoms with Crippen molar-refractivity contribution in [1.82, 2.24) is 10.6 Å². The topological polar surface area (TPSA) is 67.4 Å². The number of amides is 2. The zero-order valence-corrected chi connectivity index (χ0v) is 19.1. The Morgan fingerprint density at radius 1 is 0.818 bits per heavy atom. The highest BCUT2D eigenvalue weighted by molar-refractivity contribution is 6.30. The molecule has 0 saturated carbocycles. The number of ether oxygens (including phenoxy) is 1. The number of hydrogen-bond acceptors (Lipinski definition) is 3. The average molecular weight is 463 g/mol. The van der Waals surface area contributed by atoms with Gasteiger partial charge in [-0.1, -0.05) is 66.2 Å². The Morgan fingerprint density at radius 3 is 2.12 bits per heavy atom. The van der Waals surface area contributed by atoms with Gasteiger partial charge in [-0.25, -0.2) is 0 Å². The lowest BCUT2D eigenvalue weighted by Crippen LogP contribution is -2.47. The van der Waals surface area contributed by atoms with Gasteiger partial charge in [0.2, 0.25) is 5.91 Å². The van der Waals surface area contributed by atoms with Crippen LogP contribution in [0.1, 0.15) is 28.8 Å². The van der Waals surface area contributed by atoms with Crippen LogP contribution in [0.25, 0.3) is 11.1 Å². The molecule has 0 aliphatic carbocycles. The standard InChI is InChI=1S/C27H27ClN2O3/c28-24-12-10-23(11-13-24)27(14-16-33-17-15-27)19-30-25(31)18-29-26(32)22-8-6-21(7-9-22)20-4-2-1-3-5-20/h1-13H,14-19H2,(H,29,32)(H,30,31). The Morgan fingerprint density at radius 2 is 1.45 bits per heavy atom. The van der Waals surface area contributed by atoms with Crippen molar-refractivity contribution in [2.45, 2.75) is 18.3 Å². The third-order valence-corrected chi connectivity index (χ3v) is 6.45. The molecule has 1 fully saturated rings. The smallest absolute Gasteiger partial charge is 0.251 e. The first kappa shape index (κ1) is 23.0. The molecule has 6 heteroatoms. The fraction of sp³-hybridized carbons (Fsp3) is 0.259. The molecule has 3 aromatic carbocycles. The Hall–Kier alpha value is -3.15. The van der Waals surface area contributed by atoms with Gasteiger partial charge < -0.3 is 15.4 Å². The predicted octanol–water partition coefficient (Wildman–Crippen LogP) is 4.60. The maximum absolute atomic E-state index is 12.5. The van der Waals surface area contributed by atoms with E-state index in [2.05, 4.69) is 10.6 Å². The van der Waals surface area contributed by atoms with Crippen LogP contribution in [0.5, 0.6) is 0 Å². The van der Waals surface area contributed by atoms with E-state index in [1.54, 1.807) is 12.1 Å². The van der Waals surface area contributed by atoms with E-state index in [0.29, 0.717) is 30.3 Å². The predicted molar refractivity (Wildman–Crippen MR) is 130 cm³/mol. The molecule has 0 bridgehead atoms. The van der Waals surface area contributed by atoms with Gasteiger partial charge in [0.15, 0.2) is 0 Å². The summed E-state index contributed by atoms with van der Waals surface area (Å²) in [7, 11) is 0. The Kier molecular flexibility index (Phi) is 7.43. The van der Waals surface area contributed by atoms with E-state index in [9.17, 15) is 9.59 Å². The Labute approximate surface area is 199 Å². The summed E-state index contributed by atoms with van der Waals surface area (Å²) in [5.41, 5.74) is 3.58. The second-order valence-electron chi connectivity index (χ2n) is 8.30. The maximum atomic E-state index is 12.5. The number of rotatable bonds is 7. The minimum atomic E-state index is -0.275. The first-order chi connectivity index (χ1) is 16.1. The summed E-state index contributed by atoms with van der Waals surface area (Å²) in [6, 6.07) is 25.1. The first-order valence-electron chi connectivity index (χ1n) is 11.1. The highest BCUT2D eigenvalue weighted by Gasteiger charge is 2.34. The molecule has 2 N–H and O–H groups in total. The molecule has 0 atom stereocenters. The van der Waals surface area contributed by atoms with E-state index in [0.717, 1.165) is 29.5 Å². The van der Waals surface area contributed by atoms with Crippen LogP contribution >= 0.6 is 11.6 Å². The van der Waals surface area contributed by atoms with Crippen LogP contribution in [-0.2, 0) is 14.9 Å². The maximum Gasteiger partial charge on any atom is 0.251 e. The minimum Gasteiger partial charge on any atom is -0.381 e. The second kappa shape index (κ2) is 10.6. The van der Waals surface area contributed by atoms with E-state index in [1.165, 1.54) is 0 Å². The molecule has 1 aliphatic rings. The highest BCUT2D eigenvalue weighted by atomic mass is 35.5. The van der Waals surface area contributed by atoms with E-state index in [4.69, 9.17) is 16.3 Å². The van der Waals surface area contributed by atoms with Crippen molar-refractivity contribution >= 4 is 23.4 Å². The van der Waals surface area contributed by atoms with Crippen LogP contribution in [0.2, 0.25) is 5.02 Å². The van der Waals surface area contributed by atoms with Gasteiger partial charge in [-0.15, -0.1) is 0 Å². The monoisotopic (exact) mass is 462 g/mol. The van der Waals surface area contributed by atoms with Gasteiger partial charge in [0.25, 0.3) is 5.91 Å². The lowest BCUT2D eigenvalue weighted by atomic mass is 9.74. The molecule has 0 aromatic heterocycles. The molecule has 170 valence electrons. The first-order valence-corrected chi connectivity index (χ1v) is 11.5. The van der Waals surface area contributed by atoms with Crippen molar-refractivity contribution in [2.24, 2.45) is 0 Å². The molecule has 1 saturated heterocycles. The third-order valence-electron chi connectivity index (χ3n) is 6.19. The highest BCUT2D eigenvalue weighted by Crippen LogP contribution is 2.34. The summed E-state index contributed by atoms with van der Waals surface area (Å²) < 4.78 is 5.55. The number of nitrogens with one attached hydrogen (secondary N) is 2. The van der Waals surface area contributed by atoms with Crippen molar-refractivity contribution in [1.29, 1.82) is 0 Å². The largest absolute Gasteiger partial charge is 0.381 e. The van der Waals surface area contributed by atoms with Crippen LogP contribution in [0.3, 0.4) is 0 Å². The van der Waals surface area contributed by atoms with Crippen molar-refractivity contribution in [3.8, 4) is 11.1 Å². The summed E-state index contributed by atoms with van der Waals surface area (Å²) in [5.74, 6) is -0.493. The molecular formula is C27H27ClN2O3. The molecule has 5 nitrogen and oxygen atoms in total. The number of benzene rings is 3. The lowest BCUT2D eigenvalue weighted by Gasteiger charge is -2.38. The molecule has 33 heavy (non-hydrogen) atoms. The third kappa shape index (κ3) is 5.81. The molecule has 0 spiro atoms. The number of carbonyl (C=O) groups is 2. The number of halogens is 1. The zero-order chi connectivity index (χ0) is 23.1. The van der Waals surface area contributed by atoms with Crippen molar-refractivity contribution in [3.63, 3.8) is 0 Å². The summed E-state index contributed by atoms with van der Waals surface area (Å²) in [4.78, 5) is 25.0. The quantitative estimate of drug-likeness (QED) is 0.539. The fourth-order valence-electron chi connectivity index (χ4n) is 4.17. The van der Waals surface area contributed by atoms with E-state index < -0.39 is 0 Å². The van der Waals surface area contributed by atoms with Gasteiger partial charge >= 0.3 is 0 Å². The van der Waals surface area contributed by atoms with Gasteiger partial charge in [0, 0.05) is 35.8 Å². The van der Waals surface area contributed by atoms with Crippen molar-refractivity contribution in [3.05, 3.63) is 95.0 Å². The van der Waals surface area contributed by atoms with E-state index in [-0.39, 0.29) is 23.8 Å². The Balaban J connectivity index is 1.32. The van der Waals surface area contributed by atoms with Crippen LogP contribution in [-0.4, -0.2) is 38.1 Å². The van der Waals surface area contributed by atoms with E-state index >= 15 is 0 Å². The van der Waals surface area contributed by atoms with Gasteiger partial charge in [-0.2, -0.15) is 0 Å². The van der Waals surface area contributed by atoms with Gasteiger partial charge in [0.05, 0.1) is 6.54 Å². The number of carbonyl (C=O) groups excluding carboxylic acids is 2. The molecule has 1 aliphatic heterocycles. The van der Waals surface area contributed by atoms with Crippen LogP contribution < -0.4 is 10.6 Å². The summed E-state index contributed by atoms with van der Waals surface area (Å²) in [5, 5.41) is 6.40. The zero-order valence-electron chi connectivity index (χ0n) is 18.4. The molecule has 3 aromatic rings. The second-order valence-corrected chi connectivity index (χ2v) is 8.74. The molecule has 2 amide bonds. The normalized spacial score (nSPS) is 14.9. The average Bonchev–Trinajstić information content (AvgIpc) is 2.87. The molecule has 1 heterocycles. The summed E-state index contributed by atoms with van der Waals surface area (Å²) in [6.45, 7) is 1.70. The Bertz CT molecular complexity index is 1080. The summed E-state index contributed by atoms with van der Waals surface area (Å²) >= 11 is 6.05. The van der Waals surface area contributed by atoms with Crippen molar-refractivity contribution in [2.75, 3.05) is 26.3 Å².